The summed E-state index contributed by atoms with van der Waals surface area (Å²) in [5.74, 6) is 1.45. The van der Waals surface area contributed by atoms with Crippen LogP contribution in [0.15, 0.2) is 4.42 Å². The smallest absolute Gasteiger partial charge is 0.315 e. The third-order valence-corrected chi connectivity index (χ3v) is 2.92. The maximum Gasteiger partial charge on any atom is 0.315 e. The highest BCUT2D eigenvalue weighted by molar-refractivity contribution is 5.16. The first kappa shape index (κ1) is 14.3. The Bertz CT molecular complexity index is 363. The molecule has 0 amide bonds. The normalized spacial score (nSPS) is 15.1. The molecule has 0 aromatic carbocycles. The summed E-state index contributed by atoms with van der Waals surface area (Å²) in [4.78, 5) is 0. The van der Waals surface area contributed by atoms with Crippen molar-refractivity contribution >= 4 is 6.01 Å². The second-order valence-electron chi connectivity index (χ2n) is 5.34. The fourth-order valence-electron chi connectivity index (χ4n) is 1.59. The van der Waals surface area contributed by atoms with Crippen molar-refractivity contribution in [3.05, 3.63) is 5.89 Å². The molecule has 0 radical (unpaired) electrons. The molecular formula is C13H24N4O2. The molecule has 1 aromatic rings. The van der Waals surface area contributed by atoms with E-state index in [2.05, 4.69) is 34.7 Å². The second-order valence-corrected chi connectivity index (χ2v) is 5.34. The lowest BCUT2D eigenvalue weighted by Gasteiger charge is -2.04. The van der Waals surface area contributed by atoms with Gasteiger partial charge in [-0.05, 0) is 25.2 Å². The Morgan fingerprint density at radius 2 is 2.21 bits per heavy atom. The van der Waals surface area contributed by atoms with Gasteiger partial charge in [-0.1, -0.05) is 18.9 Å². The monoisotopic (exact) mass is 268 g/mol. The van der Waals surface area contributed by atoms with E-state index in [4.69, 9.17) is 9.15 Å². The lowest BCUT2D eigenvalue weighted by atomic mass is 10.4. The van der Waals surface area contributed by atoms with Crippen LogP contribution in [-0.4, -0.2) is 36.0 Å². The van der Waals surface area contributed by atoms with Gasteiger partial charge in [-0.25, -0.2) is 0 Å². The average molecular weight is 268 g/mol. The summed E-state index contributed by atoms with van der Waals surface area (Å²) in [7, 11) is 0. The summed E-state index contributed by atoms with van der Waals surface area (Å²) in [6, 6.07) is 0.898. The lowest BCUT2D eigenvalue weighted by Crippen LogP contribution is -2.21. The Balaban J connectivity index is 1.52. The fraction of sp³-hybridized carbons (Fsp3) is 0.846. The molecule has 6 nitrogen and oxygen atoms in total. The fourth-order valence-corrected chi connectivity index (χ4v) is 1.59. The number of hydrogen-bond donors (Lipinski definition) is 2. The number of ether oxygens (including phenoxy) is 1. The third kappa shape index (κ3) is 6.02. The highest BCUT2D eigenvalue weighted by atomic mass is 16.5. The van der Waals surface area contributed by atoms with Gasteiger partial charge in [0.25, 0.3) is 0 Å². The molecule has 19 heavy (non-hydrogen) atoms. The van der Waals surface area contributed by atoms with Gasteiger partial charge >= 0.3 is 6.01 Å². The minimum Gasteiger partial charge on any atom is -0.407 e. The Labute approximate surface area is 114 Å². The van der Waals surface area contributed by atoms with Crippen molar-refractivity contribution in [2.24, 2.45) is 5.92 Å². The molecule has 2 N–H and O–H groups in total. The zero-order chi connectivity index (χ0) is 13.5. The van der Waals surface area contributed by atoms with Crippen LogP contribution in [0.4, 0.5) is 6.01 Å². The van der Waals surface area contributed by atoms with Crippen molar-refractivity contribution in [1.82, 2.24) is 15.5 Å². The van der Waals surface area contributed by atoms with E-state index in [0.717, 1.165) is 32.1 Å². The highest BCUT2D eigenvalue weighted by Gasteiger charge is 2.20. The molecule has 1 saturated carbocycles. The Hall–Kier alpha value is -1.14. The van der Waals surface area contributed by atoms with E-state index in [1.807, 2.05) is 0 Å². The predicted molar refractivity (Wildman–Crippen MR) is 72.9 cm³/mol. The first-order valence-corrected chi connectivity index (χ1v) is 7.11. The molecule has 0 saturated heterocycles. The molecule has 1 fully saturated rings. The molecule has 2 rings (SSSR count). The van der Waals surface area contributed by atoms with Crippen LogP contribution >= 0.6 is 0 Å². The van der Waals surface area contributed by atoms with Crippen LogP contribution in [-0.2, 0) is 11.3 Å². The molecule has 108 valence electrons. The molecule has 0 spiro atoms. The van der Waals surface area contributed by atoms with Crippen LogP contribution in [0.3, 0.4) is 0 Å². The summed E-state index contributed by atoms with van der Waals surface area (Å²) in [6.45, 7) is 7.28. The van der Waals surface area contributed by atoms with E-state index in [1.54, 1.807) is 0 Å². The van der Waals surface area contributed by atoms with Crippen molar-refractivity contribution in [2.75, 3.05) is 25.1 Å². The molecule has 1 aliphatic carbocycles. The maximum absolute atomic E-state index is 5.55. The van der Waals surface area contributed by atoms with Gasteiger partial charge in [0.2, 0.25) is 5.89 Å². The molecule has 1 aliphatic rings. The number of nitrogens with zero attached hydrogens (tertiary/aromatic N) is 2. The Morgan fingerprint density at radius 3 is 2.95 bits per heavy atom. The minimum absolute atomic E-state index is 0.409. The van der Waals surface area contributed by atoms with Crippen molar-refractivity contribution in [1.29, 1.82) is 0 Å². The Morgan fingerprint density at radius 1 is 1.37 bits per heavy atom. The summed E-state index contributed by atoms with van der Waals surface area (Å²) >= 11 is 0. The van der Waals surface area contributed by atoms with Crippen molar-refractivity contribution in [2.45, 2.75) is 45.7 Å². The largest absolute Gasteiger partial charge is 0.407 e. The van der Waals surface area contributed by atoms with Crippen LogP contribution < -0.4 is 10.6 Å². The molecule has 0 bridgehead atoms. The number of hydrogen-bond acceptors (Lipinski definition) is 6. The first-order chi connectivity index (χ1) is 9.24. The van der Waals surface area contributed by atoms with Gasteiger partial charge < -0.3 is 19.8 Å². The van der Waals surface area contributed by atoms with E-state index >= 15 is 0 Å². The lowest BCUT2D eigenvalue weighted by molar-refractivity contribution is 0.124. The number of nitrogens with one attached hydrogen (secondary N) is 2. The Kier molecular flexibility index (Phi) is 5.60. The molecule has 6 heteroatoms. The molecular weight excluding hydrogens is 244 g/mol. The average Bonchev–Trinajstić information content (AvgIpc) is 3.09. The SMILES string of the molecule is CC(C)NCc1nnc(NCCCOCC2CC2)o1. The standard InChI is InChI=1S/C13H24N4O2/c1-10(2)15-8-12-16-17-13(19-12)14-6-3-7-18-9-11-4-5-11/h10-11,15H,3-9H2,1-2H3,(H,14,17). The van der Waals surface area contributed by atoms with Gasteiger partial charge in [0.1, 0.15) is 0 Å². The van der Waals surface area contributed by atoms with Gasteiger partial charge in [0.15, 0.2) is 0 Å². The topological polar surface area (TPSA) is 72.2 Å². The van der Waals surface area contributed by atoms with Gasteiger partial charge in [-0.3, -0.25) is 0 Å². The van der Waals surface area contributed by atoms with E-state index in [-0.39, 0.29) is 0 Å². The first-order valence-electron chi connectivity index (χ1n) is 7.11. The zero-order valence-electron chi connectivity index (χ0n) is 11.8. The minimum atomic E-state index is 0.409. The zero-order valence-corrected chi connectivity index (χ0v) is 11.8. The maximum atomic E-state index is 5.55. The van der Waals surface area contributed by atoms with Crippen molar-refractivity contribution in [3.63, 3.8) is 0 Å². The highest BCUT2D eigenvalue weighted by Crippen LogP contribution is 2.28. The van der Waals surface area contributed by atoms with Crippen molar-refractivity contribution in [3.8, 4) is 0 Å². The van der Waals surface area contributed by atoms with Gasteiger partial charge in [-0.2, -0.15) is 0 Å². The number of aromatic nitrogens is 2. The van der Waals surface area contributed by atoms with E-state index in [9.17, 15) is 0 Å². The molecule has 0 unspecified atom stereocenters. The number of anilines is 1. The van der Waals surface area contributed by atoms with Crippen LogP contribution in [0.25, 0.3) is 0 Å². The molecule has 1 heterocycles. The van der Waals surface area contributed by atoms with Crippen molar-refractivity contribution < 1.29 is 9.15 Å². The summed E-state index contributed by atoms with van der Waals surface area (Å²) < 4.78 is 11.0. The molecule has 0 atom stereocenters. The van der Waals surface area contributed by atoms with Crippen LogP contribution in [0, 0.1) is 5.92 Å². The molecule has 1 aromatic heterocycles. The summed E-state index contributed by atoms with van der Waals surface area (Å²) in [5.41, 5.74) is 0. The third-order valence-electron chi connectivity index (χ3n) is 2.92. The van der Waals surface area contributed by atoms with E-state index < -0.39 is 0 Å². The number of rotatable bonds is 10. The van der Waals surface area contributed by atoms with E-state index in [1.165, 1.54) is 12.8 Å². The van der Waals surface area contributed by atoms with Gasteiger partial charge in [0, 0.05) is 25.8 Å². The predicted octanol–water partition coefficient (Wildman–Crippen LogP) is 1.80. The quantitative estimate of drug-likeness (QED) is 0.630. The second kappa shape index (κ2) is 7.45. The van der Waals surface area contributed by atoms with Crippen LogP contribution in [0.1, 0.15) is 39.0 Å². The summed E-state index contributed by atoms with van der Waals surface area (Å²) in [5, 5.41) is 14.2. The van der Waals surface area contributed by atoms with Crippen LogP contribution in [0.5, 0.6) is 0 Å². The van der Waals surface area contributed by atoms with E-state index in [0.29, 0.717) is 24.5 Å². The van der Waals surface area contributed by atoms with Crippen LogP contribution in [0.2, 0.25) is 0 Å². The molecule has 0 aliphatic heterocycles. The van der Waals surface area contributed by atoms with Gasteiger partial charge in [0.05, 0.1) is 6.54 Å². The van der Waals surface area contributed by atoms with Gasteiger partial charge in [-0.15, -0.1) is 5.10 Å². The summed E-state index contributed by atoms with van der Waals surface area (Å²) in [6.07, 6.45) is 3.63.